The number of carbonyl (C=O) groups is 1. The number of nitro groups is 1. The number of aryl methyl sites for hydroxylation is 2. The smallest absolute Gasteiger partial charge is 0.301 e. The van der Waals surface area contributed by atoms with E-state index < -0.39 is 10.8 Å². The first-order chi connectivity index (χ1) is 9.38. The van der Waals surface area contributed by atoms with E-state index >= 15 is 0 Å². The topological polar surface area (TPSA) is 103 Å². The van der Waals surface area contributed by atoms with Crippen LogP contribution in [0.25, 0.3) is 0 Å². The molecule has 0 aromatic carbocycles. The monoisotopic (exact) mass is 295 g/mol. The molecule has 1 N–H and O–H groups in total. The summed E-state index contributed by atoms with van der Waals surface area (Å²) in [6.45, 7) is 1.66. The molecule has 9 heteroatoms. The molecule has 2 aromatic rings. The largest absolute Gasteiger partial charge is 0.311 e. The average Bonchev–Trinajstić information content (AvgIpc) is 2.68. The van der Waals surface area contributed by atoms with Crippen LogP contribution in [0.3, 0.4) is 0 Å². The maximum absolute atomic E-state index is 12.1. The number of nitrogens with zero attached hydrogens (tertiary/aromatic N) is 4. The molecule has 0 bridgehead atoms. The Kier molecular flexibility index (Phi) is 3.66. The minimum absolute atomic E-state index is 0.0498. The number of nitrogens with one attached hydrogen (secondary N) is 1. The molecule has 0 saturated heterocycles. The van der Waals surface area contributed by atoms with E-state index in [0.717, 1.165) is 0 Å². The third-order valence-corrected chi connectivity index (χ3v) is 2.74. The molecule has 0 aliphatic carbocycles. The van der Waals surface area contributed by atoms with Crippen LogP contribution in [0, 0.1) is 17.0 Å². The molecule has 20 heavy (non-hydrogen) atoms. The number of amides is 1. The molecular formula is C11H10ClN5O3. The Morgan fingerprint density at radius 2 is 2.20 bits per heavy atom. The van der Waals surface area contributed by atoms with Crippen LogP contribution in [0.5, 0.6) is 0 Å². The molecule has 0 fully saturated rings. The summed E-state index contributed by atoms with van der Waals surface area (Å²) in [4.78, 5) is 26.1. The fourth-order valence-electron chi connectivity index (χ4n) is 1.66. The van der Waals surface area contributed by atoms with E-state index in [1.165, 1.54) is 23.0 Å². The molecule has 0 spiro atoms. The van der Waals surface area contributed by atoms with Gasteiger partial charge < -0.3 is 5.32 Å². The summed E-state index contributed by atoms with van der Waals surface area (Å²) in [5.41, 5.74) is 0.488. The molecule has 0 aliphatic heterocycles. The van der Waals surface area contributed by atoms with Gasteiger partial charge in [0.2, 0.25) is 5.82 Å². The number of anilines is 1. The third kappa shape index (κ3) is 2.75. The average molecular weight is 296 g/mol. The lowest BCUT2D eigenvalue weighted by atomic mass is 10.2. The predicted octanol–water partition coefficient (Wildman–Crippen LogP) is 1.94. The summed E-state index contributed by atoms with van der Waals surface area (Å²) < 4.78 is 1.48. The second-order valence-electron chi connectivity index (χ2n) is 4.01. The van der Waals surface area contributed by atoms with Gasteiger partial charge in [-0.3, -0.25) is 19.6 Å². The Morgan fingerprint density at radius 3 is 2.75 bits per heavy atom. The number of carbonyl (C=O) groups excluding carboxylic acids is 1. The molecular weight excluding hydrogens is 286 g/mol. The fourth-order valence-corrected chi connectivity index (χ4v) is 1.81. The normalized spacial score (nSPS) is 10.3. The maximum Gasteiger partial charge on any atom is 0.311 e. The molecule has 2 rings (SSSR count). The van der Waals surface area contributed by atoms with Gasteiger partial charge in [0.05, 0.1) is 16.2 Å². The Labute approximate surface area is 118 Å². The first kappa shape index (κ1) is 13.9. The van der Waals surface area contributed by atoms with Gasteiger partial charge in [0.15, 0.2) is 0 Å². The summed E-state index contributed by atoms with van der Waals surface area (Å²) in [6.07, 6.45) is 1.51. The molecule has 0 aliphatic rings. The molecule has 2 heterocycles. The van der Waals surface area contributed by atoms with E-state index in [1.807, 2.05) is 0 Å². The van der Waals surface area contributed by atoms with Crippen LogP contribution in [0.4, 0.5) is 11.5 Å². The van der Waals surface area contributed by atoms with E-state index in [9.17, 15) is 14.9 Å². The van der Waals surface area contributed by atoms with E-state index in [4.69, 9.17) is 11.6 Å². The van der Waals surface area contributed by atoms with Crippen molar-refractivity contribution in [2.75, 3.05) is 5.32 Å². The fraction of sp³-hybridized carbons (Fsp3) is 0.182. The van der Waals surface area contributed by atoms with Crippen molar-refractivity contribution >= 4 is 29.0 Å². The highest BCUT2D eigenvalue weighted by Crippen LogP contribution is 2.24. The summed E-state index contributed by atoms with van der Waals surface area (Å²) in [7, 11) is 1.67. The Bertz CT molecular complexity index is 697. The van der Waals surface area contributed by atoms with Crippen molar-refractivity contribution in [3.05, 3.63) is 44.9 Å². The highest BCUT2D eigenvalue weighted by atomic mass is 35.5. The second-order valence-corrected chi connectivity index (χ2v) is 4.40. The lowest BCUT2D eigenvalue weighted by Crippen LogP contribution is -2.14. The van der Waals surface area contributed by atoms with Crippen molar-refractivity contribution in [1.82, 2.24) is 14.8 Å². The Hall–Kier alpha value is -2.48. The van der Waals surface area contributed by atoms with Gasteiger partial charge in [-0.25, -0.2) is 4.98 Å². The van der Waals surface area contributed by atoms with Crippen LogP contribution < -0.4 is 5.32 Å². The number of halogens is 1. The van der Waals surface area contributed by atoms with Gasteiger partial charge in [0, 0.05) is 19.3 Å². The molecule has 0 radical (unpaired) electrons. The van der Waals surface area contributed by atoms with Crippen molar-refractivity contribution in [2.45, 2.75) is 6.92 Å². The lowest BCUT2D eigenvalue weighted by Gasteiger charge is -2.04. The number of pyridine rings is 1. The zero-order chi connectivity index (χ0) is 14.9. The van der Waals surface area contributed by atoms with E-state index in [-0.39, 0.29) is 16.7 Å². The van der Waals surface area contributed by atoms with Gasteiger partial charge in [-0.05, 0) is 13.0 Å². The molecule has 0 saturated carbocycles. The minimum Gasteiger partial charge on any atom is -0.301 e. The predicted molar refractivity (Wildman–Crippen MR) is 71.8 cm³/mol. The molecule has 1 amide bonds. The van der Waals surface area contributed by atoms with Crippen molar-refractivity contribution in [1.29, 1.82) is 0 Å². The van der Waals surface area contributed by atoms with Crippen LogP contribution in [0.15, 0.2) is 18.3 Å². The second kappa shape index (κ2) is 5.25. The van der Waals surface area contributed by atoms with Gasteiger partial charge in [-0.15, -0.1) is 0 Å². The molecule has 104 valence electrons. The zero-order valence-electron chi connectivity index (χ0n) is 10.6. The van der Waals surface area contributed by atoms with Gasteiger partial charge in [-0.2, -0.15) is 5.10 Å². The first-order valence-electron chi connectivity index (χ1n) is 5.51. The highest BCUT2D eigenvalue weighted by Gasteiger charge is 2.20. The van der Waals surface area contributed by atoms with E-state index in [1.54, 1.807) is 14.0 Å². The van der Waals surface area contributed by atoms with Crippen molar-refractivity contribution in [2.24, 2.45) is 7.05 Å². The summed E-state index contributed by atoms with van der Waals surface area (Å²) in [6, 6.07) is 2.46. The van der Waals surface area contributed by atoms with Gasteiger partial charge in [0.25, 0.3) is 5.91 Å². The number of hydrogen-bond acceptors (Lipinski definition) is 5. The van der Waals surface area contributed by atoms with E-state index in [2.05, 4.69) is 15.4 Å². The quantitative estimate of drug-likeness (QED) is 0.529. The minimum atomic E-state index is -0.644. The highest BCUT2D eigenvalue weighted by molar-refractivity contribution is 6.29. The van der Waals surface area contributed by atoms with Gasteiger partial charge in [0.1, 0.15) is 5.15 Å². The zero-order valence-corrected chi connectivity index (χ0v) is 11.4. The number of hydrogen-bond donors (Lipinski definition) is 1. The summed E-state index contributed by atoms with van der Waals surface area (Å²) >= 11 is 5.68. The van der Waals surface area contributed by atoms with Crippen LogP contribution in [-0.4, -0.2) is 25.6 Å². The SMILES string of the molecule is Cc1nn(C)cc1C(=O)Nc1nc(Cl)ccc1[N+](=O)[O-]. The first-order valence-corrected chi connectivity index (χ1v) is 5.89. The Morgan fingerprint density at radius 1 is 1.50 bits per heavy atom. The van der Waals surface area contributed by atoms with Gasteiger partial charge in [-0.1, -0.05) is 11.6 Å². The lowest BCUT2D eigenvalue weighted by molar-refractivity contribution is -0.384. The molecule has 8 nitrogen and oxygen atoms in total. The van der Waals surface area contributed by atoms with Crippen LogP contribution >= 0.6 is 11.6 Å². The maximum atomic E-state index is 12.1. The van der Waals surface area contributed by atoms with Crippen LogP contribution in [0.2, 0.25) is 5.15 Å². The molecule has 0 atom stereocenters. The van der Waals surface area contributed by atoms with Crippen molar-refractivity contribution < 1.29 is 9.72 Å². The standard InChI is InChI=1S/C11H10ClN5O3/c1-6-7(5-16(2)15-6)11(18)14-10-8(17(19)20)3-4-9(12)13-10/h3-5H,1-2H3,(H,13,14,18). The molecule has 2 aromatic heterocycles. The number of rotatable bonds is 3. The summed E-state index contributed by atoms with van der Waals surface area (Å²) in [5.74, 6) is -0.732. The third-order valence-electron chi connectivity index (χ3n) is 2.53. The van der Waals surface area contributed by atoms with Gasteiger partial charge >= 0.3 is 5.69 Å². The molecule has 0 unspecified atom stereocenters. The Balaban J connectivity index is 2.34. The number of aromatic nitrogens is 3. The van der Waals surface area contributed by atoms with E-state index in [0.29, 0.717) is 11.3 Å². The van der Waals surface area contributed by atoms with Crippen molar-refractivity contribution in [3.8, 4) is 0 Å². The van der Waals surface area contributed by atoms with Crippen molar-refractivity contribution in [3.63, 3.8) is 0 Å². The van der Waals surface area contributed by atoms with Crippen LogP contribution in [-0.2, 0) is 7.05 Å². The summed E-state index contributed by atoms with van der Waals surface area (Å²) in [5, 5.41) is 17.3. The van der Waals surface area contributed by atoms with Crippen LogP contribution in [0.1, 0.15) is 16.1 Å².